The molecular formula is C38H23N5. The highest BCUT2D eigenvalue weighted by Gasteiger charge is 2.23. The first-order chi connectivity index (χ1) is 21.4. The fraction of sp³-hybridized carbons (Fsp3) is 0. The van der Waals surface area contributed by atoms with Crippen LogP contribution < -0.4 is 0 Å². The summed E-state index contributed by atoms with van der Waals surface area (Å²) in [6.07, 6.45) is 7.76. The topological polar surface area (TPSA) is 40.1 Å². The van der Waals surface area contributed by atoms with E-state index < -0.39 is 0 Å². The minimum absolute atomic E-state index is 0.924. The predicted molar refractivity (Wildman–Crippen MR) is 177 cm³/mol. The van der Waals surface area contributed by atoms with Gasteiger partial charge in [-0.15, -0.1) is 0 Å². The largest absolute Gasteiger partial charge is 0.307 e. The SMILES string of the molecule is c1ccc(-n2c3ccccc3c3ccc4c5c6c7ccncc7c7nccn7c6ccc5n(-c5ccccc5)c4c32)cc1. The molecule has 5 aromatic carbocycles. The number of rotatable bonds is 2. The lowest BCUT2D eigenvalue weighted by Gasteiger charge is -2.12. The monoisotopic (exact) mass is 549 g/mol. The Morgan fingerprint density at radius 2 is 1.09 bits per heavy atom. The van der Waals surface area contributed by atoms with Gasteiger partial charge in [0.25, 0.3) is 0 Å². The third-order valence-electron chi connectivity index (χ3n) is 8.97. The molecule has 0 aliphatic heterocycles. The Bertz CT molecular complexity index is 2710. The highest BCUT2D eigenvalue weighted by atomic mass is 15.0. The van der Waals surface area contributed by atoms with Crippen LogP contribution in [0.2, 0.25) is 0 Å². The molecule has 0 N–H and O–H groups in total. The van der Waals surface area contributed by atoms with Crippen LogP contribution in [0, 0.1) is 0 Å². The maximum Gasteiger partial charge on any atom is 0.146 e. The van der Waals surface area contributed by atoms with Crippen LogP contribution in [0.5, 0.6) is 0 Å². The molecule has 5 heterocycles. The number of hydrogen-bond donors (Lipinski definition) is 0. The van der Waals surface area contributed by atoms with Crippen LogP contribution in [0.1, 0.15) is 0 Å². The highest BCUT2D eigenvalue weighted by Crippen LogP contribution is 2.45. The van der Waals surface area contributed by atoms with E-state index in [0.717, 1.165) is 33.3 Å². The Kier molecular flexibility index (Phi) is 4.39. The molecule has 0 bridgehead atoms. The average molecular weight is 550 g/mol. The van der Waals surface area contributed by atoms with Crippen LogP contribution in [0.25, 0.3) is 82.3 Å². The van der Waals surface area contributed by atoms with Gasteiger partial charge in [0.2, 0.25) is 0 Å². The second kappa shape index (κ2) is 8.30. The standard InChI is InChI=1S/C38H23N5/c1-3-9-24(10-4-1)42-31-14-8-7-13-26(31)28-15-16-29-35-33(43(37(29)36(28)42)25-11-5-2-6-12-25)18-17-32-34(35)27-19-20-39-23-30(27)38-40-21-22-41(32)38/h1-23H. The van der Waals surface area contributed by atoms with Crippen LogP contribution in [0.15, 0.2) is 140 Å². The van der Waals surface area contributed by atoms with Crippen molar-refractivity contribution in [2.75, 3.05) is 0 Å². The Morgan fingerprint density at radius 3 is 1.91 bits per heavy atom. The van der Waals surface area contributed by atoms with Crippen molar-refractivity contribution in [1.82, 2.24) is 23.5 Å². The van der Waals surface area contributed by atoms with Gasteiger partial charge in [-0.3, -0.25) is 9.38 Å². The molecule has 0 atom stereocenters. The second-order valence-corrected chi connectivity index (χ2v) is 11.1. The summed E-state index contributed by atoms with van der Waals surface area (Å²) in [5.74, 6) is 0. The summed E-state index contributed by atoms with van der Waals surface area (Å²) in [5, 5.41) is 8.35. The van der Waals surface area contributed by atoms with Gasteiger partial charge in [0, 0.05) is 68.5 Å². The quantitative estimate of drug-likeness (QED) is 0.202. The summed E-state index contributed by atoms with van der Waals surface area (Å²) in [7, 11) is 0. The van der Waals surface area contributed by atoms with Crippen LogP contribution in [0.3, 0.4) is 0 Å². The van der Waals surface area contributed by atoms with Gasteiger partial charge in [-0.2, -0.15) is 0 Å². The van der Waals surface area contributed by atoms with E-state index in [4.69, 9.17) is 4.98 Å². The number of benzene rings is 5. The minimum atomic E-state index is 0.924. The molecule has 0 spiro atoms. The predicted octanol–water partition coefficient (Wildman–Crippen LogP) is 9.23. The van der Waals surface area contributed by atoms with Gasteiger partial charge in [0.15, 0.2) is 0 Å². The Balaban J connectivity index is 1.54. The molecule has 200 valence electrons. The third-order valence-corrected chi connectivity index (χ3v) is 8.97. The number of pyridine rings is 2. The van der Waals surface area contributed by atoms with Crippen molar-refractivity contribution in [3.63, 3.8) is 0 Å². The summed E-state index contributed by atoms with van der Waals surface area (Å²) in [6.45, 7) is 0. The zero-order valence-electron chi connectivity index (χ0n) is 23.0. The van der Waals surface area contributed by atoms with Gasteiger partial charge < -0.3 is 9.13 Å². The lowest BCUT2D eigenvalue weighted by molar-refractivity contribution is 1.15. The van der Waals surface area contributed by atoms with E-state index >= 15 is 0 Å². The molecule has 0 unspecified atom stereocenters. The smallest absolute Gasteiger partial charge is 0.146 e. The third kappa shape index (κ3) is 2.90. The number of aromatic nitrogens is 5. The van der Waals surface area contributed by atoms with Gasteiger partial charge in [0.05, 0.1) is 27.6 Å². The van der Waals surface area contributed by atoms with Gasteiger partial charge in [-0.1, -0.05) is 66.7 Å². The maximum atomic E-state index is 4.72. The summed E-state index contributed by atoms with van der Waals surface area (Å²) in [4.78, 5) is 9.21. The molecule has 0 saturated carbocycles. The summed E-state index contributed by atoms with van der Waals surface area (Å²) < 4.78 is 7.09. The van der Waals surface area contributed by atoms with E-state index in [0.29, 0.717) is 0 Å². The molecule has 0 fully saturated rings. The van der Waals surface area contributed by atoms with Gasteiger partial charge in [-0.25, -0.2) is 4.98 Å². The van der Waals surface area contributed by atoms with Gasteiger partial charge in [-0.05, 0) is 53.9 Å². The molecule has 5 heteroatoms. The van der Waals surface area contributed by atoms with Crippen molar-refractivity contribution in [1.29, 1.82) is 0 Å². The zero-order chi connectivity index (χ0) is 28.1. The van der Waals surface area contributed by atoms with Crippen molar-refractivity contribution in [3.05, 3.63) is 140 Å². The fourth-order valence-electron chi connectivity index (χ4n) is 7.28. The van der Waals surface area contributed by atoms with Crippen LogP contribution >= 0.6 is 0 Å². The Labute approximate surface area is 245 Å². The molecule has 5 aromatic heterocycles. The molecule has 10 aromatic rings. The average Bonchev–Trinajstić information content (AvgIpc) is 3.78. The van der Waals surface area contributed by atoms with Crippen molar-refractivity contribution in [3.8, 4) is 11.4 Å². The lowest BCUT2D eigenvalue weighted by atomic mass is 10.0. The molecule has 10 rings (SSSR count). The lowest BCUT2D eigenvalue weighted by Crippen LogP contribution is -1.98. The van der Waals surface area contributed by atoms with E-state index in [2.05, 4.69) is 140 Å². The van der Waals surface area contributed by atoms with E-state index in [1.165, 1.54) is 49.0 Å². The van der Waals surface area contributed by atoms with E-state index in [9.17, 15) is 0 Å². The fourth-order valence-corrected chi connectivity index (χ4v) is 7.28. The molecule has 0 saturated heterocycles. The van der Waals surface area contributed by atoms with Crippen LogP contribution in [0.4, 0.5) is 0 Å². The maximum absolute atomic E-state index is 4.72. The molecule has 5 nitrogen and oxygen atoms in total. The van der Waals surface area contributed by atoms with Crippen molar-refractivity contribution in [2.45, 2.75) is 0 Å². The molecule has 0 radical (unpaired) electrons. The number of nitrogens with zero attached hydrogens (tertiary/aromatic N) is 5. The molecular weight excluding hydrogens is 526 g/mol. The number of imidazole rings is 1. The first kappa shape index (κ1) is 22.7. The molecule has 0 aliphatic rings. The van der Waals surface area contributed by atoms with E-state index in [-0.39, 0.29) is 0 Å². The van der Waals surface area contributed by atoms with Crippen molar-refractivity contribution >= 4 is 70.9 Å². The number of fused-ring (bicyclic) bond motifs is 14. The van der Waals surface area contributed by atoms with Crippen LogP contribution in [-0.4, -0.2) is 23.5 Å². The highest BCUT2D eigenvalue weighted by molar-refractivity contribution is 6.32. The number of hydrogen-bond acceptors (Lipinski definition) is 2. The first-order valence-corrected chi connectivity index (χ1v) is 14.5. The first-order valence-electron chi connectivity index (χ1n) is 14.5. The second-order valence-electron chi connectivity index (χ2n) is 11.1. The minimum Gasteiger partial charge on any atom is -0.307 e. The summed E-state index contributed by atoms with van der Waals surface area (Å²) in [5.41, 5.74) is 9.10. The molecule has 43 heavy (non-hydrogen) atoms. The van der Waals surface area contributed by atoms with E-state index in [1.807, 2.05) is 18.6 Å². The van der Waals surface area contributed by atoms with Crippen molar-refractivity contribution < 1.29 is 0 Å². The summed E-state index contributed by atoms with van der Waals surface area (Å²) >= 11 is 0. The number of para-hydroxylation sites is 3. The van der Waals surface area contributed by atoms with Gasteiger partial charge >= 0.3 is 0 Å². The summed E-state index contributed by atoms with van der Waals surface area (Å²) in [6, 6.07) is 41.5. The molecule has 0 amide bonds. The van der Waals surface area contributed by atoms with Crippen LogP contribution in [-0.2, 0) is 0 Å². The molecule has 0 aliphatic carbocycles. The van der Waals surface area contributed by atoms with Crippen molar-refractivity contribution in [2.24, 2.45) is 0 Å². The van der Waals surface area contributed by atoms with Gasteiger partial charge in [0.1, 0.15) is 5.65 Å². The zero-order valence-corrected chi connectivity index (χ0v) is 23.0. The van der Waals surface area contributed by atoms with E-state index in [1.54, 1.807) is 0 Å². The Morgan fingerprint density at radius 1 is 0.442 bits per heavy atom. The Hall–Kier alpha value is -5.94. The normalized spacial score (nSPS) is 12.2.